The number of nitrogens with zero attached hydrogens (tertiary/aromatic N) is 1. The molecule has 4 rings (SSSR count). The number of benzene rings is 2. The van der Waals surface area contributed by atoms with Crippen molar-refractivity contribution < 1.29 is 13.2 Å². The van der Waals surface area contributed by atoms with Gasteiger partial charge in [0.05, 0.1) is 4.90 Å². The van der Waals surface area contributed by atoms with Crippen molar-refractivity contribution in [3.8, 4) is 0 Å². The van der Waals surface area contributed by atoms with E-state index in [2.05, 4.69) is 27.1 Å². The van der Waals surface area contributed by atoms with Gasteiger partial charge in [-0.1, -0.05) is 24.3 Å². The molecule has 0 bridgehead atoms. The van der Waals surface area contributed by atoms with Crippen LogP contribution < -0.4 is 10.0 Å². The summed E-state index contributed by atoms with van der Waals surface area (Å²) in [5.74, 6) is -0.217. The minimum absolute atomic E-state index is 0.0599. The molecule has 29 heavy (non-hydrogen) atoms. The number of hydrogen-bond donors (Lipinski definition) is 2. The molecule has 154 valence electrons. The van der Waals surface area contributed by atoms with Crippen LogP contribution in [0.3, 0.4) is 0 Å². The fourth-order valence-corrected chi connectivity index (χ4v) is 4.82. The van der Waals surface area contributed by atoms with E-state index in [4.69, 9.17) is 0 Å². The zero-order chi connectivity index (χ0) is 20.3. The summed E-state index contributed by atoms with van der Waals surface area (Å²) in [5.41, 5.74) is 2.77. The summed E-state index contributed by atoms with van der Waals surface area (Å²) < 4.78 is 27.0. The Hall–Kier alpha value is -2.22. The number of rotatable bonds is 8. The molecule has 1 heterocycles. The minimum Gasteiger partial charge on any atom is -0.348 e. The van der Waals surface area contributed by atoms with Gasteiger partial charge in [0.2, 0.25) is 10.0 Å². The smallest absolute Gasteiger partial charge is 0.251 e. The second-order valence-electron chi connectivity index (χ2n) is 7.90. The Morgan fingerprint density at radius 3 is 2.17 bits per heavy atom. The highest BCUT2D eigenvalue weighted by atomic mass is 32.2. The van der Waals surface area contributed by atoms with Gasteiger partial charge in [0, 0.05) is 24.7 Å². The van der Waals surface area contributed by atoms with Gasteiger partial charge in [0.25, 0.3) is 5.91 Å². The summed E-state index contributed by atoms with van der Waals surface area (Å²) in [6, 6.07) is 14.4. The molecule has 0 atom stereocenters. The maximum atomic E-state index is 12.4. The van der Waals surface area contributed by atoms with E-state index in [0.29, 0.717) is 12.1 Å². The van der Waals surface area contributed by atoms with Crippen LogP contribution >= 0.6 is 0 Å². The molecule has 1 aliphatic heterocycles. The third-order valence-electron chi connectivity index (χ3n) is 5.41. The van der Waals surface area contributed by atoms with Crippen molar-refractivity contribution >= 4 is 15.9 Å². The van der Waals surface area contributed by atoms with E-state index in [0.717, 1.165) is 24.9 Å². The maximum Gasteiger partial charge on any atom is 0.251 e. The number of sulfonamides is 1. The van der Waals surface area contributed by atoms with Gasteiger partial charge in [-0.05, 0) is 74.2 Å². The first-order valence-corrected chi connectivity index (χ1v) is 11.7. The first kappa shape index (κ1) is 20.1. The number of hydrogen-bond acceptors (Lipinski definition) is 4. The largest absolute Gasteiger partial charge is 0.348 e. The average molecular weight is 414 g/mol. The van der Waals surface area contributed by atoms with Gasteiger partial charge in [-0.25, -0.2) is 13.1 Å². The lowest BCUT2D eigenvalue weighted by atomic mass is 10.1. The van der Waals surface area contributed by atoms with Crippen LogP contribution in [0.4, 0.5) is 0 Å². The molecule has 1 aliphatic carbocycles. The van der Waals surface area contributed by atoms with E-state index in [-0.39, 0.29) is 16.8 Å². The maximum absolute atomic E-state index is 12.4. The zero-order valence-electron chi connectivity index (χ0n) is 16.4. The molecule has 2 aromatic carbocycles. The Kier molecular flexibility index (Phi) is 5.99. The molecule has 2 N–H and O–H groups in total. The van der Waals surface area contributed by atoms with Crippen molar-refractivity contribution in [3.05, 3.63) is 65.2 Å². The second kappa shape index (κ2) is 8.65. The predicted octanol–water partition coefficient (Wildman–Crippen LogP) is 2.65. The Balaban J connectivity index is 1.29. The molecule has 0 radical (unpaired) electrons. The van der Waals surface area contributed by atoms with Gasteiger partial charge in [-0.3, -0.25) is 9.69 Å². The van der Waals surface area contributed by atoms with Crippen LogP contribution in [0.5, 0.6) is 0 Å². The number of carbonyl (C=O) groups excluding carboxylic acids is 1. The van der Waals surface area contributed by atoms with E-state index in [1.54, 1.807) is 12.1 Å². The van der Waals surface area contributed by atoms with Crippen molar-refractivity contribution in [3.63, 3.8) is 0 Å². The van der Waals surface area contributed by atoms with E-state index in [9.17, 15) is 13.2 Å². The highest BCUT2D eigenvalue weighted by Gasteiger charge is 2.27. The Labute approximate surface area is 172 Å². The molecule has 7 heteroatoms. The second-order valence-corrected chi connectivity index (χ2v) is 9.62. The fraction of sp³-hybridized carbons (Fsp3) is 0.409. The summed E-state index contributed by atoms with van der Waals surface area (Å²) >= 11 is 0. The van der Waals surface area contributed by atoms with E-state index in [1.165, 1.54) is 43.6 Å². The van der Waals surface area contributed by atoms with Crippen LogP contribution in [0.2, 0.25) is 0 Å². The van der Waals surface area contributed by atoms with Gasteiger partial charge in [0.15, 0.2) is 0 Å². The zero-order valence-corrected chi connectivity index (χ0v) is 17.2. The summed E-state index contributed by atoms with van der Waals surface area (Å²) in [4.78, 5) is 15.0. The van der Waals surface area contributed by atoms with Gasteiger partial charge in [0.1, 0.15) is 0 Å². The standard InChI is InChI=1S/C22H27N3O3S/c26-22(19-7-11-21(12-8-19)29(27,28)24-20-9-10-20)23-15-17-3-5-18(6-4-17)16-25-13-1-2-14-25/h3-8,11-12,20,24H,1-2,9-10,13-16H2,(H,23,26). The van der Waals surface area contributed by atoms with Gasteiger partial charge in [-0.15, -0.1) is 0 Å². The summed E-state index contributed by atoms with van der Waals surface area (Å²) in [5, 5.41) is 2.89. The SMILES string of the molecule is O=C(NCc1ccc(CN2CCCC2)cc1)c1ccc(S(=O)(=O)NC2CC2)cc1. The first-order valence-electron chi connectivity index (χ1n) is 10.2. The average Bonchev–Trinajstić information content (AvgIpc) is 3.38. The van der Waals surface area contributed by atoms with Crippen molar-refractivity contribution in [1.29, 1.82) is 0 Å². The molecule has 0 aromatic heterocycles. The lowest BCUT2D eigenvalue weighted by Crippen LogP contribution is -2.26. The third kappa shape index (κ3) is 5.44. The Morgan fingerprint density at radius 1 is 0.931 bits per heavy atom. The highest BCUT2D eigenvalue weighted by molar-refractivity contribution is 7.89. The highest BCUT2D eigenvalue weighted by Crippen LogP contribution is 2.22. The van der Waals surface area contributed by atoms with Crippen molar-refractivity contribution in [1.82, 2.24) is 14.9 Å². The predicted molar refractivity (Wildman–Crippen MR) is 112 cm³/mol. The van der Waals surface area contributed by atoms with Gasteiger partial charge >= 0.3 is 0 Å². The number of nitrogens with one attached hydrogen (secondary N) is 2. The van der Waals surface area contributed by atoms with Crippen molar-refractivity contribution in [2.24, 2.45) is 0 Å². The molecule has 2 fully saturated rings. The lowest BCUT2D eigenvalue weighted by Gasteiger charge is -2.14. The minimum atomic E-state index is -3.49. The lowest BCUT2D eigenvalue weighted by molar-refractivity contribution is 0.0951. The summed E-state index contributed by atoms with van der Waals surface area (Å²) in [6.45, 7) is 3.77. The molecule has 2 aromatic rings. The van der Waals surface area contributed by atoms with Crippen molar-refractivity contribution in [2.75, 3.05) is 13.1 Å². The fourth-order valence-electron chi connectivity index (χ4n) is 3.52. The molecule has 0 spiro atoms. The topological polar surface area (TPSA) is 78.5 Å². The van der Waals surface area contributed by atoms with E-state index in [1.807, 2.05) is 12.1 Å². The van der Waals surface area contributed by atoms with Crippen LogP contribution in [0.25, 0.3) is 0 Å². The third-order valence-corrected chi connectivity index (χ3v) is 6.94. The molecule has 1 saturated heterocycles. The molecular weight excluding hydrogens is 386 g/mol. The van der Waals surface area contributed by atoms with Crippen LogP contribution in [0, 0.1) is 0 Å². The van der Waals surface area contributed by atoms with Gasteiger partial charge < -0.3 is 5.32 Å². The monoisotopic (exact) mass is 413 g/mol. The van der Waals surface area contributed by atoms with Crippen molar-refractivity contribution in [2.45, 2.75) is 49.7 Å². The molecule has 0 unspecified atom stereocenters. The van der Waals surface area contributed by atoms with E-state index < -0.39 is 10.0 Å². The normalized spacial score (nSPS) is 17.4. The molecule has 1 saturated carbocycles. The van der Waals surface area contributed by atoms with Crippen LogP contribution in [-0.2, 0) is 23.1 Å². The Morgan fingerprint density at radius 2 is 1.55 bits per heavy atom. The molecular formula is C22H27N3O3S. The molecule has 6 nitrogen and oxygen atoms in total. The Bertz CT molecular complexity index is 946. The summed E-state index contributed by atoms with van der Waals surface area (Å²) in [7, 11) is -3.49. The number of carbonyl (C=O) groups is 1. The van der Waals surface area contributed by atoms with Crippen LogP contribution in [-0.4, -0.2) is 38.4 Å². The molecule has 2 aliphatic rings. The quantitative estimate of drug-likeness (QED) is 0.697. The van der Waals surface area contributed by atoms with Gasteiger partial charge in [-0.2, -0.15) is 0 Å². The van der Waals surface area contributed by atoms with Crippen LogP contribution in [0.1, 0.15) is 47.2 Å². The van der Waals surface area contributed by atoms with Crippen LogP contribution in [0.15, 0.2) is 53.4 Å². The first-order chi connectivity index (χ1) is 14.0. The molecule has 1 amide bonds. The van der Waals surface area contributed by atoms with E-state index >= 15 is 0 Å². The summed E-state index contributed by atoms with van der Waals surface area (Å²) in [6.07, 6.45) is 4.35. The number of amides is 1. The number of likely N-dealkylation sites (tertiary alicyclic amines) is 1.